The van der Waals surface area contributed by atoms with Crippen LogP contribution in [0.5, 0.6) is 23.3 Å². The van der Waals surface area contributed by atoms with Crippen LogP contribution in [0.2, 0.25) is 0 Å². The number of hydrogen-bond donors (Lipinski definition) is 4. The van der Waals surface area contributed by atoms with Gasteiger partial charge in [-0.15, -0.1) is 0 Å². The molecule has 0 saturated heterocycles. The second-order valence-electron chi connectivity index (χ2n) is 6.15. The van der Waals surface area contributed by atoms with Gasteiger partial charge in [0.15, 0.2) is 0 Å². The van der Waals surface area contributed by atoms with Crippen molar-refractivity contribution in [2.24, 2.45) is 0 Å². The van der Waals surface area contributed by atoms with Gasteiger partial charge in [0.2, 0.25) is 11.8 Å². The lowest BCUT2D eigenvalue weighted by molar-refractivity contribution is 0.0651. The standard InChI is InChI=1S/C21H13NO10/c23-18(24)12-6-4-10(8-14(12)20(27)28)31-16-2-1-3-17(22-16)32-11-5-7-13(19(25)26)15(9-11)21(29)30/h1-9H,(H,23,24)(H,25,26)(H,27,28)(H,29,30). The van der Waals surface area contributed by atoms with Gasteiger partial charge >= 0.3 is 23.9 Å². The van der Waals surface area contributed by atoms with E-state index in [0.717, 1.165) is 24.3 Å². The maximum absolute atomic E-state index is 11.3. The van der Waals surface area contributed by atoms with Crippen LogP contribution in [0.25, 0.3) is 0 Å². The fourth-order valence-corrected chi connectivity index (χ4v) is 2.65. The molecule has 0 spiro atoms. The Hall–Kier alpha value is -4.93. The molecule has 0 aliphatic carbocycles. The van der Waals surface area contributed by atoms with Crippen molar-refractivity contribution >= 4 is 23.9 Å². The average molecular weight is 439 g/mol. The number of benzene rings is 2. The molecule has 0 aliphatic heterocycles. The highest BCUT2D eigenvalue weighted by molar-refractivity contribution is 6.02. The molecule has 0 unspecified atom stereocenters. The highest BCUT2D eigenvalue weighted by Crippen LogP contribution is 2.27. The summed E-state index contributed by atoms with van der Waals surface area (Å²) in [5.41, 5.74) is -1.76. The first-order valence-corrected chi connectivity index (χ1v) is 8.69. The lowest BCUT2D eigenvalue weighted by Gasteiger charge is -2.10. The van der Waals surface area contributed by atoms with E-state index in [-0.39, 0.29) is 23.3 Å². The Labute approximate surface area is 178 Å². The molecule has 0 aliphatic rings. The van der Waals surface area contributed by atoms with Gasteiger partial charge in [-0.25, -0.2) is 19.2 Å². The molecule has 4 N–H and O–H groups in total. The van der Waals surface area contributed by atoms with E-state index in [9.17, 15) is 29.4 Å². The Morgan fingerprint density at radius 2 is 0.938 bits per heavy atom. The first kappa shape index (κ1) is 21.8. The Kier molecular flexibility index (Phi) is 6.01. The highest BCUT2D eigenvalue weighted by Gasteiger charge is 2.18. The zero-order valence-corrected chi connectivity index (χ0v) is 15.9. The van der Waals surface area contributed by atoms with Gasteiger partial charge in [-0.1, -0.05) is 6.07 Å². The number of rotatable bonds is 8. The molecule has 11 heteroatoms. The molecule has 1 heterocycles. The van der Waals surface area contributed by atoms with Crippen molar-refractivity contribution < 1.29 is 49.1 Å². The van der Waals surface area contributed by atoms with Gasteiger partial charge in [0, 0.05) is 12.1 Å². The number of carboxylic acids is 4. The zero-order valence-electron chi connectivity index (χ0n) is 15.9. The van der Waals surface area contributed by atoms with E-state index in [1.165, 1.54) is 30.3 Å². The number of ether oxygens (including phenoxy) is 2. The number of nitrogens with zero attached hydrogens (tertiary/aromatic N) is 1. The topological polar surface area (TPSA) is 181 Å². The van der Waals surface area contributed by atoms with Crippen molar-refractivity contribution in [3.05, 3.63) is 76.9 Å². The number of aromatic nitrogens is 1. The third-order valence-corrected chi connectivity index (χ3v) is 4.05. The number of carboxylic acid groups (broad SMARTS) is 4. The van der Waals surface area contributed by atoms with Gasteiger partial charge < -0.3 is 29.9 Å². The molecule has 0 amide bonds. The number of hydrogen-bond acceptors (Lipinski definition) is 7. The van der Waals surface area contributed by atoms with Crippen LogP contribution in [-0.2, 0) is 0 Å². The largest absolute Gasteiger partial charge is 0.478 e. The number of carbonyl (C=O) groups is 4. The van der Waals surface area contributed by atoms with Crippen molar-refractivity contribution in [1.82, 2.24) is 4.98 Å². The summed E-state index contributed by atoms with van der Waals surface area (Å²) < 4.78 is 11.0. The van der Waals surface area contributed by atoms with Crippen molar-refractivity contribution in [3.8, 4) is 23.3 Å². The SMILES string of the molecule is O=C(O)c1ccc(Oc2cccc(Oc3ccc(C(=O)O)c(C(=O)O)c3)n2)cc1C(=O)O. The monoisotopic (exact) mass is 439 g/mol. The van der Waals surface area contributed by atoms with Gasteiger partial charge in [-0.3, -0.25) is 0 Å². The molecule has 1 aromatic heterocycles. The predicted octanol–water partition coefficient (Wildman–Crippen LogP) is 3.46. The van der Waals surface area contributed by atoms with Crippen molar-refractivity contribution in [1.29, 1.82) is 0 Å². The van der Waals surface area contributed by atoms with Crippen LogP contribution < -0.4 is 9.47 Å². The molecule has 0 fully saturated rings. The van der Waals surface area contributed by atoms with Gasteiger partial charge in [-0.05, 0) is 36.4 Å². The van der Waals surface area contributed by atoms with Crippen LogP contribution in [0.3, 0.4) is 0 Å². The quantitative estimate of drug-likeness (QED) is 0.403. The summed E-state index contributed by atoms with van der Waals surface area (Å²) in [6, 6.07) is 11.1. The molecule has 3 rings (SSSR count). The predicted molar refractivity (Wildman–Crippen MR) is 105 cm³/mol. The van der Waals surface area contributed by atoms with Gasteiger partial charge in [0.05, 0.1) is 22.3 Å². The maximum Gasteiger partial charge on any atom is 0.336 e. The van der Waals surface area contributed by atoms with E-state index in [2.05, 4.69) is 4.98 Å². The van der Waals surface area contributed by atoms with Crippen molar-refractivity contribution in [2.45, 2.75) is 0 Å². The average Bonchev–Trinajstić information content (AvgIpc) is 2.73. The highest BCUT2D eigenvalue weighted by atomic mass is 16.5. The smallest absolute Gasteiger partial charge is 0.336 e. The zero-order chi connectivity index (χ0) is 23.4. The summed E-state index contributed by atoms with van der Waals surface area (Å²) in [5.74, 6) is -5.74. The molecule has 0 radical (unpaired) electrons. The number of pyridine rings is 1. The van der Waals surface area contributed by atoms with Gasteiger partial charge in [0.25, 0.3) is 0 Å². The lowest BCUT2D eigenvalue weighted by atomic mass is 10.1. The Morgan fingerprint density at radius 3 is 1.28 bits per heavy atom. The second kappa shape index (κ2) is 8.83. The molecule has 0 bridgehead atoms. The van der Waals surface area contributed by atoms with E-state index in [1.807, 2.05) is 0 Å². The summed E-state index contributed by atoms with van der Waals surface area (Å²) in [7, 11) is 0. The minimum atomic E-state index is -1.45. The third kappa shape index (κ3) is 4.79. The minimum Gasteiger partial charge on any atom is -0.478 e. The van der Waals surface area contributed by atoms with E-state index >= 15 is 0 Å². The Balaban J connectivity index is 1.85. The summed E-state index contributed by atoms with van der Waals surface area (Å²) in [5, 5.41) is 36.5. The van der Waals surface area contributed by atoms with Gasteiger partial charge in [-0.2, -0.15) is 4.98 Å². The summed E-state index contributed by atoms with van der Waals surface area (Å²) >= 11 is 0. The molecule has 0 atom stereocenters. The normalized spacial score (nSPS) is 10.2. The molecule has 32 heavy (non-hydrogen) atoms. The van der Waals surface area contributed by atoms with E-state index in [4.69, 9.17) is 19.7 Å². The van der Waals surface area contributed by atoms with E-state index in [1.54, 1.807) is 0 Å². The van der Waals surface area contributed by atoms with Crippen molar-refractivity contribution in [3.63, 3.8) is 0 Å². The maximum atomic E-state index is 11.3. The van der Waals surface area contributed by atoms with E-state index in [0.29, 0.717) is 0 Å². The Bertz CT molecular complexity index is 1160. The number of aromatic carboxylic acids is 4. The van der Waals surface area contributed by atoms with Crippen LogP contribution in [0.15, 0.2) is 54.6 Å². The van der Waals surface area contributed by atoms with Crippen LogP contribution in [-0.4, -0.2) is 49.3 Å². The minimum absolute atomic E-state index is 0.0102. The summed E-state index contributed by atoms with van der Waals surface area (Å²) in [6.07, 6.45) is 0. The fourth-order valence-electron chi connectivity index (χ4n) is 2.65. The molecule has 3 aromatic rings. The van der Waals surface area contributed by atoms with Gasteiger partial charge in [0.1, 0.15) is 11.5 Å². The molecule has 11 nitrogen and oxygen atoms in total. The first-order valence-electron chi connectivity index (χ1n) is 8.69. The molecular weight excluding hydrogens is 426 g/mol. The third-order valence-electron chi connectivity index (χ3n) is 4.05. The second-order valence-corrected chi connectivity index (χ2v) is 6.15. The molecular formula is C21H13NO10. The van der Waals surface area contributed by atoms with Crippen LogP contribution in [0, 0.1) is 0 Å². The molecule has 162 valence electrons. The first-order chi connectivity index (χ1) is 15.2. The summed E-state index contributed by atoms with van der Waals surface area (Å²) in [4.78, 5) is 48.9. The Morgan fingerprint density at radius 1 is 0.562 bits per heavy atom. The molecule has 0 saturated carbocycles. The molecule has 2 aromatic carbocycles. The fraction of sp³-hybridized carbons (Fsp3) is 0. The lowest BCUT2D eigenvalue weighted by Crippen LogP contribution is -2.08. The van der Waals surface area contributed by atoms with Crippen LogP contribution in [0.1, 0.15) is 41.4 Å². The summed E-state index contributed by atoms with van der Waals surface area (Å²) in [6.45, 7) is 0. The van der Waals surface area contributed by atoms with Crippen LogP contribution in [0.4, 0.5) is 0 Å². The van der Waals surface area contributed by atoms with Crippen molar-refractivity contribution in [2.75, 3.05) is 0 Å². The van der Waals surface area contributed by atoms with Crippen LogP contribution >= 0.6 is 0 Å². The van der Waals surface area contributed by atoms with E-state index < -0.39 is 46.1 Å².